The van der Waals surface area contributed by atoms with Gasteiger partial charge in [0.25, 0.3) is 0 Å². The molecule has 1 aliphatic heterocycles. The Bertz CT molecular complexity index is 903. The predicted octanol–water partition coefficient (Wildman–Crippen LogP) is 5.82. The van der Waals surface area contributed by atoms with Crippen LogP contribution in [0, 0.1) is 6.92 Å². The minimum absolute atomic E-state index is 0.152. The summed E-state index contributed by atoms with van der Waals surface area (Å²) in [7, 11) is 0. The number of aryl methyl sites for hydroxylation is 1. The zero-order chi connectivity index (χ0) is 21.2. The van der Waals surface area contributed by atoms with Crippen molar-refractivity contribution >= 4 is 34.9 Å². The maximum atomic E-state index is 5.33. The number of anilines is 2. The average Bonchev–Trinajstić information content (AvgIpc) is 2.62. The van der Waals surface area contributed by atoms with Crippen LogP contribution in [0.15, 0.2) is 47.6 Å². The molecule has 0 aliphatic carbocycles. The van der Waals surface area contributed by atoms with Crippen LogP contribution in [0.3, 0.4) is 0 Å². The van der Waals surface area contributed by atoms with Gasteiger partial charge in [-0.15, -0.1) is 0 Å². The second-order valence-corrected chi connectivity index (χ2v) is 9.25. The molecule has 0 fully saturated rings. The van der Waals surface area contributed by atoms with Gasteiger partial charge in [0.15, 0.2) is 5.11 Å². The third-order valence-electron chi connectivity index (χ3n) is 5.58. The highest BCUT2D eigenvalue weighted by Crippen LogP contribution is 2.45. The first-order valence-electron chi connectivity index (χ1n) is 10.3. The van der Waals surface area contributed by atoms with Gasteiger partial charge in [-0.3, -0.25) is 5.43 Å². The average molecular weight is 409 g/mol. The lowest BCUT2D eigenvalue weighted by atomic mass is 9.78. The smallest absolute Gasteiger partial charge is 0.191 e. The van der Waals surface area contributed by atoms with Crippen LogP contribution in [-0.2, 0) is 0 Å². The van der Waals surface area contributed by atoms with Crippen molar-refractivity contribution in [2.45, 2.75) is 65.5 Å². The molecule has 0 saturated heterocycles. The van der Waals surface area contributed by atoms with Crippen molar-refractivity contribution in [3.05, 3.63) is 59.2 Å². The summed E-state index contributed by atoms with van der Waals surface area (Å²) < 4.78 is 0. The molecule has 0 spiro atoms. The summed E-state index contributed by atoms with van der Waals surface area (Å²) in [4.78, 5) is 2.56. The van der Waals surface area contributed by atoms with E-state index < -0.39 is 0 Å². The quantitative estimate of drug-likeness (QED) is 0.380. The summed E-state index contributed by atoms with van der Waals surface area (Å²) in [6.45, 7) is 13.7. The minimum atomic E-state index is 0.152. The molecule has 0 bridgehead atoms. The van der Waals surface area contributed by atoms with E-state index in [-0.39, 0.29) is 5.54 Å². The Labute approximate surface area is 180 Å². The van der Waals surface area contributed by atoms with E-state index in [1.165, 1.54) is 16.8 Å². The van der Waals surface area contributed by atoms with Crippen molar-refractivity contribution in [1.82, 2.24) is 5.43 Å². The normalized spacial score (nSPS) is 18.0. The van der Waals surface area contributed by atoms with Crippen molar-refractivity contribution in [3.8, 4) is 0 Å². The van der Waals surface area contributed by atoms with Gasteiger partial charge in [0.1, 0.15) is 0 Å². The Balaban J connectivity index is 1.79. The van der Waals surface area contributed by atoms with E-state index in [1.54, 1.807) is 0 Å². The van der Waals surface area contributed by atoms with E-state index in [4.69, 9.17) is 12.2 Å². The largest absolute Gasteiger partial charge is 0.364 e. The molecule has 4 nitrogen and oxygen atoms in total. The number of nitrogens with zero attached hydrogens (tertiary/aromatic N) is 2. The Kier molecular flexibility index (Phi) is 6.27. The molecule has 154 valence electrons. The number of para-hydroxylation sites is 1. The van der Waals surface area contributed by atoms with E-state index in [0.717, 1.165) is 17.7 Å². The van der Waals surface area contributed by atoms with Crippen molar-refractivity contribution in [3.63, 3.8) is 0 Å². The number of hydrazone groups is 1. The number of benzene rings is 2. The molecule has 3 rings (SSSR count). The maximum Gasteiger partial charge on any atom is 0.191 e. The van der Waals surface area contributed by atoms with Gasteiger partial charge < -0.3 is 10.2 Å². The molecule has 0 aromatic heterocycles. The summed E-state index contributed by atoms with van der Waals surface area (Å²) in [6, 6.07) is 14.9. The second-order valence-electron chi connectivity index (χ2n) is 8.84. The van der Waals surface area contributed by atoms with Gasteiger partial charge in [0, 0.05) is 23.0 Å². The van der Waals surface area contributed by atoms with Crippen molar-refractivity contribution in [1.29, 1.82) is 0 Å². The van der Waals surface area contributed by atoms with Crippen LogP contribution < -0.4 is 15.6 Å². The number of fused-ring (bicyclic) bond motifs is 1. The fraction of sp³-hybridized carbons (Fsp3) is 0.417. The number of hydrogen-bond acceptors (Lipinski definition) is 3. The summed E-state index contributed by atoms with van der Waals surface area (Å²) in [5, 5.41) is 7.97. The standard InChI is InChI=1S/C24H32N4S/c1-16(2)28-22-12-17(3)19(13-21(22)18(4)14-24(28,5)6)15-25-27-23(29)26-20-10-8-7-9-11-20/h7-13,15-16,18H,14H2,1-6H3,(H2,26,27,29)/b25-15-. The first-order chi connectivity index (χ1) is 13.7. The first-order valence-corrected chi connectivity index (χ1v) is 10.7. The topological polar surface area (TPSA) is 39.7 Å². The molecule has 1 aliphatic rings. The number of thiocarbonyl (C=S) groups is 1. The number of hydrogen-bond donors (Lipinski definition) is 2. The van der Waals surface area contributed by atoms with Crippen LogP contribution in [0.1, 0.15) is 63.6 Å². The Morgan fingerprint density at radius 1 is 1.24 bits per heavy atom. The summed E-state index contributed by atoms with van der Waals surface area (Å²) >= 11 is 5.33. The van der Waals surface area contributed by atoms with Crippen molar-refractivity contribution < 1.29 is 0 Å². The zero-order valence-corrected chi connectivity index (χ0v) is 19.1. The fourth-order valence-electron chi connectivity index (χ4n) is 4.57. The molecule has 5 heteroatoms. The monoisotopic (exact) mass is 408 g/mol. The van der Waals surface area contributed by atoms with Crippen LogP contribution >= 0.6 is 12.2 Å². The van der Waals surface area contributed by atoms with Crippen molar-refractivity contribution in [2.24, 2.45) is 5.10 Å². The van der Waals surface area contributed by atoms with E-state index >= 15 is 0 Å². The Hall–Kier alpha value is -2.40. The highest BCUT2D eigenvalue weighted by molar-refractivity contribution is 7.80. The van der Waals surface area contributed by atoms with Gasteiger partial charge in [0.05, 0.1) is 6.21 Å². The molecule has 0 radical (unpaired) electrons. The molecule has 1 heterocycles. The molecule has 1 atom stereocenters. The van der Waals surface area contributed by atoms with E-state index in [1.807, 2.05) is 36.5 Å². The van der Waals surface area contributed by atoms with Gasteiger partial charge in [-0.25, -0.2) is 0 Å². The first kappa shape index (κ1) is 21.3. The van der Waals surface area contributed by atoms with Crippen LogP contribution in [0.25, 0.3) is 0 Å². The van der Waals surface area contributed by atoms with Crippen LogP contribution in [-0.4, -0.2) is 22.9 Å². The predicted molar refractivity (Wildman–Crippen MR) is 129 cm³/mol. The molecule has 2 N–H and O–H groups in total. The highest BCUT2D eigenvalue weighted by atomic mass is 32.1. The Morgan fingerprint density at radius 2 is 1.93 bits per heavy atom. The second kappa shape index (κ2) is 8.54. The molecule has 2 aromatic rings. The van der Waals surface area contributed by atoms with Crippen LogP contribution in [0.4, 0.5) is 11.4 Å². The molecule has 2 aromatic carbocycles. The third-order valence-corrected chi connectivity index (χ3v) is 5.77. The Morgan fingerprint density at radius 3 is 2.59 bits per heavy atom. The third kappa shape index (κ3) is 4.78. The van der Waals surface area contributed by atoms with Gasteiger partial charge in [-0.1, -0.05) is 25.1 Å². The summed E-state index contributed by atoms with van der Waals surface area (Å²) in [5.74, 6) is 0.511. The molecule has 29 heavy (non-hydrogen) atoms. The number of nitrogens with one attached hydrogen (secondary N) is 2. The van der Waals surface area contributed by atoms with E-state index in [0.29, 0.717) is 17.1 Å². The fourth-order valence-corrected chi connectivity index (χ4v) is 4.74. The van der Waals surface area contributed by atoms with Gasteiger partial charge in [0.2, 0.25) is 0 Å². The molecule has 0 saturated carbocycles. The number of rotatable bonds is 4. The van der Waals surface area contributed by atoms with Crippen LogP contribution in [0.5, 0.6) is 0 Å². The van der Waals surface area contributed by atoms with E-state index in [2.05, 4.69) is 74.4 Å². The molecular formula is C24H32N4S. The van der Waals surface area contributed by atoms with Gasteiger partial charge in [-0.2, -0.15) is 5.10 Å². The van der Waals surface area contributed by atoms with Crippen molar-refractivity contribution in [2.75, 3.05) is 10.2 Å². The van der Waals surface area contributed by atoms with E-state index in [9.17, 15) is 0 Å². The summed E-state index contributed by atoms with van der Waals surface area (Å²) in [5.41, 5.74) is 9.10. The lowest BCUT2D eigenvalue weighted by Gasteiger charge is -2.50. The zero-order valence-electron chi connectivity index (χ0n) is 18.3. The molecule has 1 unspecified atom stereocenters. The molecule has 0 amide bonds. The minimum Gasteiger partial charge on any atom is -0.364 e. The summed E-state index contributed by atoms with van der Waals surface area (Å²) in [6.07, 6.45) is 3.00. The van der Waals surface area contributed by atoms with Crippen LogP contribution in [0.2, 0.25) is 0 Å². The maximum absolute atomic E-state index is 5.33. The van der Waals surface area contributed by atoms with Gasteiger partial charge >= 0.3 is 0 Å². The SMILES string of the molecule is Cc1cc2c(cc1/C=N\NC(=S)Nc1ccccc1)C(C)CC(C)(C)N2C(C)C. The molecular weight excluding hydrogens is 376 g/mol. The van der Waals surface area contributed by atoms with Gasteiger partial charge in [-0.05, 0) is 100 Å². The lowest BCUT2D eigenvalue weighted by Crippen LogP contribution is -2.51. The highest BCUT2D eigenvalue weighted by Gasteiger charge is 2.37. The lowest BCUT2D eigenvalue weighted by molar-refractivity contribution is 0.356.